The second-order valence-corrected chi connectivity index (χ2v) is 17.0. The summed E-state index contributed by atoms with van der Waals surface area (Å²) in [6.07, 6.45) is 7.23. The summed E-state index contributed by atoms with van der Waals surface area (Å²) in [4.78, 5) is 2.37. The molecular formula is C53H55BN2. The maximum Gasteiger partial charge on any atom is 0.209 e. The first kappa shape index (κ1) is 37.3. The Bertz CT molecular complexity index is 2300. The second kappa shape index (κ2) is 14.8. The van der Waals surface area contributed by atoms with E-state index in [1.807, 2.05) is 0 Å². The lowest BCUT2D eigenvalue weighted by Crippen LogP contribution is -2.74. The van der Waals surface area contributed by atoms with E-state index >= 15 is 0 Å². The van der Waals surface area contributed by atoms with Crippen LogP contribution in [0.1, 0.15) is 62.3 Å². The summed E-state index contributed by atoms with van der Waals surface area (Å²) in [6, 6.07) is 57.2. The number of nitrogens with zero attached hydrogens (tertiary/aromatic N) is 2. The van der Waals surface area contributed by atoms with Gasteiger partial charge >= 0.3 is 0 Å². The van der Waals surface area contributed by atoms with Gasteiger partial charge in [0, 0.05) is 41.1 Å². The van der Waals surface area contributed by atoms with Crippen molar-refractivity contribution in [3.63, 3.8) is 0 Å². The Hall–Kier alpha value is -5.67. The van der Waals surface area contributed by atoms with Gasteiger partial charge in [-0.1, -0.05) is 159 Å². The van der Waals surface area contributed by atoms with Crippen molar-refractivity contribution in [3.05, 3.63) is 203 Å². The van der Waals surface area contributed by atoms with Crippen LogP contribution in [0.5, 0.6) is 0 Å². The Kier molecular flexibility index (Phi) is 9.83. The molecule has 280 valence electrons. The predicted octanol–water partition coefficient (Wildman–Crippen LogP) is 9.78. The summed E-state index contributed by atoms with van der Waals surface area (Å²) < 4.78 is 2.48. The van der Waals surface area contributed by atoms with Crippen molar-refractivity contribution in [2.24, 2.45) is 0 Å². The molecule has 1 aliphatic carbocycles. The summed E-state index contributed by atoms with van der Waals surface area (Å²) in [6.45, 7) is 11.6. The van der Waals surface area contributed by atoms with E-state index in [2.05, 4.69) is 228 Å². The lowest BCUT2D eigenvalue weighted by molar-refractivity contribution is -0.402. The van der Waals surface area contributed by atoms with Gasteiger partial charge < -0.3 is 4.90 Å². The zero-order valence-corrected chi connectivity index (χ0v) is 34.3. The van der Waals surface area contributed by atoms with Crippen LogP contribution in [0.15, 0.2) is 181 Å². The van der Waals surface area contributed by atoms with Gasteiger partial charge in [0.25, 0.3) is 0 Å². The molecule has 2 nitrogen and oxygen atoms in total. The summed E-state index contributed by atoms with van der Waals surface area (Å²) in [5.41, 5.74) is 18.3. The molecule has 3 heteroatoms. The normalized spacial score (nSPS) is 19.7. The maximum absolute atomic E-state index is 2.48. The molecule has 9 rings (SSSR count). The lowest BCUT2D eigenvalue weighted by Gasteiger charge is -2.44. The van der Waals surface area contributed by atoms with Crippen LogP contribution in [0.4, 0.5) is 11.4 Å². The van der Waals surface area contributed by atoms with E-state index in [0.29, 0.717) is 0 Å². The summed E-state index contributed by atoms with van der Waals surface area (Å²) in [5.74, 6) is 0. The highest BCUT2D eigenvalue weighted by Crippen LogP contribution is 2.50. The van der Waals surface area contributed by atoms with Gasteiger partial charge in [-0.3, -0.25) is 0 Å². The average Bonchev–Trinajstić information content (AvgIpc) is 3.57. The molecule has 6 aromatic rings. The first-order chi connectivity index (χ1) is 27.1. The minimum absolute atomic E-state index is 0.0177. The van der Waals surface area contributed by atoms with Crippen LogP contribution in [-0.4, -0.2) is 30.5 Å². The van der Waals surface area contributed by atoms with Gasteiger partial charge in [0.15, 0.2) is 5.71 Å². The fourth-order valence-corrected chi connectivity index (χ4v) is 10.5. The van der Waals surface area contributed by atoms with E-state index in [0.717, 1.165) is 6.42 Å². The van der Waals surface area contributed by atoms with Gasteiger partial charge in [-0.05, 0) is 74.9 Å². The highest BCUT2D eigenvalue weighted by molar-refractivity contribution is 7.19. The zero-order valence-electron chi connectivity index (χ0n) is 34.3. The lowest BCUT2D eigenvalue weighted by atomic mass is 9.13. The number of rotatable bonds is 5. The molecule has 0 spiro atoms. The summed E-state index contributed by atoms with van der Waals surface area (Å²) in [5, 5.41) is 0. The van der Waals surface area contributed by atoms with Gasteiger partial charge in [0.1, 0.15) is 13.2 Å². The quantitative estimate of drug-likeness (QED) is 0.127. The van der Waals surface area contributed by atoms with Gasteiger partial charge in [0.2, 0.25) is 5.69 Å². The Labute approximate surface area is 335 Å². The van der Waals surface area contributed by atoms with Crippen LogP contribution in [0.2, 0.25) is 0 Å². The number of hydrogen-bond acceptors (Lipinski definition) is 1. The van der Waals surface area contributed by atoms with Crippen molar-refractivity contribution in [2.75, 3.05) is 19.0 Å². The Morgan fingerprint density at radius 1 is 0.589 bits per heavy atom. The molecule has 2 heterocycles. The van der Waals surface area contributed by atoms with Crippen molar-refractivity contribution >= 4 is 45.1 Å². The molecule has 2 aliphatic heterocycles. The number of benzene rings is 6. The first-order valence-corrected chi connectivity index (χ1v) is 20.4. The number of likely N-dealkylation sites (N-methyl/N-ethyl adjacent to an activating group) is 1. The molecule has 0 saturated heterocycles. The largest absolute Gasteiger partial charge is 0.347 e. The molecule has 0 aromatic heterocycles. The van der Waals surface area contributed by atoms with Crippen LogP contribution in [0, 0.1) is 13.8 Å². The molecule has 1 fully saturated rings. The molecule has 0 radical (unpaired) electrons. The van der Waals surface area contributed by atoms with Crippen LogP contribution in [-0.2, 0) is 10.8 Å². The molecule has 1 saturated carbocycles. The highest BCUT2D eigenvalue weighted by atomic mass is 15.2. The van der Waals surface area contributed by atoms with E-state index < -0.39 is 6.15 Å². The molecule has 56 heavy (non-hydrogen) atoms. The smallest absolute Gasteiger partial charge is 0.209 e. The highest BCUT2D eigenvalue weighted by Gasteiger charge is 2.51. The third-order valence-electron chi connectivity index (χ3n) is 13.4. The molecule has 3 aliphatic rings. The number of fused-ring (bicyclic) bond motifs is 4. The molecule has 0 amide bonds. The first-order valence-electron chi connectivity index (χ1n) is 20.4. The van der Waals surface area contributed by atoms with Gasteiger partial charge in [-0.25, -0.2) is 0 Å². The number of allylic oxidation sites excluding steroid dienone is 4. The van der Waals surface area contributed by atoms with E-state index in [1.54, 1.807) is 0 Å². The Balaban J connectivity index is 0.000000161. The third-order valence-corrected chi connectivity index (χ3v) is 13.4. The minimum Gasteiger partial charge on any atom is -0.347 e. The summed E-state index contributed by atoms with van der Waals surface area (Å²) in [7, 11) is 4.47. The number of para-hydroxylation sites is 1. The van der Waals surface area contributed by atoms with Crippen LogP contribution in [0.25, 0.3) is 0 Å². The van der Waals surface area contributed by atoms with Crippen LogP contribution >= 0.6 is 0 Å². The van der Waals surface area contributed by atoms with E-state index in [-0.39, 0.29) is 10.8 Å². The minimum atomic E-state index is -1.22. The van der Waals surface area contributed by atoms with Crippen LogP contribution in [0.3, 0.4) is 0 Å². The van der Waals surface area contributed by atoms with Crippen molar-refractivity contribution in [1.82, 2.24) is 0 Å². The molecule has 1 unspecified atom stereocenters. The summed E-state index contributed by atoms with van der Waals surface area (Å²) >= 11 is 0. The average molecular weight is 731 g/mol. The van der Waals surface area contributed by atoms with Gasteiger partial charge in [-0.2, -0.15) is 26.4 Å². The third kappa shape index (κ3) is 6.09. The molecule has 0 bridgehead atoms. The van der Waals surface area contributed by atoms with E-state index in [9.17, 15) is 0 Å². The van der Waals surface area contributed by atoms with Gasteiger partial charge in [0.05, 0.1) is 5.41 Å². The molecule has 1 atom stereocenters. The Morgan fingerprint density at radius 3 is 1.55 bits per heavy atom. The number of aryl methyl sites for hydroxylation is 2. The molecule has 0 N–H and O–H groups in total. The predicted molar refractivity (Wildman–Crippen MR) is 242 cm³/mol. The fourth-order valence-electron chi connectivity index (χ4n) is 10.5. The van der Waals surface area contributed by atoms with Crippen molar-refractivity contribution in [1.29, 1.82) is 0 Å². The molecule has 6 aromatic carbocycles. The van der Waals surface area contributed by atoms with E-state index in [4.69, 9.17) is 0 Å². The zero-order chi connectivity index (χ0) is 39.1. The fraction of sp³-hybridized carbons (Fsp3) is 0.226. The topological polar surface area (TPSA) is 6.25 Å². The molecular weight excluding hydrogens is 675 g/mol. The maximum atomic E-state index is 2.48. The monoisotopic (exact) mass is 730 g/mol. The van der Waals surface area contributed by atoms with Crippen molar-refractivity contribution in [2.45, 2.75) is 64.7 Å². The number of hydrogen-bond donors (Lipinski definition) is 0. The number of anilines is 1. The SMILES string of the molecule is Cc1cc2c(cc1C)C1(C)CCC/C(=C/C=C3\N(C)c4ccccc4C3(C)C)C1=[N+]2C.c1ccc([B-](c2ccccc2)(c2ccccc2)c2ccccc2)cc1. The van der Waals surface area contributed by atoms with E-state index in [1.165, 1.54) is 85.3 Å². The van der Waals surface area contributed by atoms with Crippen LogP contribution < -0.4 is 26.8 Å². The van der Waals surface area contributed by atoms with Crippen molar-refractivity contribution < 1.29 is 4.58 Å². The standard InChI is InChI=1S/C29H35N2.C24H20B/c1-19-17-23-25(18-20(19)2)31(7)27-21(11-10-16-29(23,27)5)14-15-26-28(3,4)22-12-8-9-13-24(22)30(26)6;1-5-13-21(14-6-1)25(22-15-7-2-8-16-22,23-17-9-3-10-18-23)24-19-11-4-12-20-24/h8-9,12-15,17-18H,10-11,16H2,1-7H3;1-20H/q+1;-1. The Morgan fingerprint density at radius 2 is 1.05 bits per heavy atom. The van der Waals surface area contributed by atoms with Crippen molar-refractivity contribution in [3.8, 4) is 0 Å². The van der Waals surface area contributed by atoms with Gasteiger partial charge in [-0.15, -0.1) is 0 Å². The second-order valence-electron chi connectivity index (χ2n) is 17.0.